The molecule has 0 N–H and O–H groups in total. The van der Waals surface area contributed by atoms with Gasteiger partial charge in [0, 0.05) is 25.4 Å². The quantitative estimate of drug-likeness (QED) is 0.742. The molecule has 0 unspecified atom stereocenters. The number of halogens is 2. The van der Waals surface area contributed by atoms with Crippen molar-refractivity contribution in [2.45, 2.75) is 13.5 Å². The number of hydrogen-bond acceptors (Lipinski definition) is 4. The highest BCUT2D eigenvalue weighted by molar-refractivity contribution is 6.42. The third-order valence-corrected chi connectivity index (χ3v) is 3.89. The molecule has 5 nitrogen and oxygen atoms in total. The van der Waals surface area contributed by atoms with Crippen molar-refractivity contribution in [3.8, 4) is 0 Å². The number of rotatable bonds is 3. The molecule has 3 rings (SSSR count). The van der Waals surface area contributed by atoms with Crippen molar-refractivity contribution in [2.75, 3.05) is 11.9 Å². The van der Waals surface area contributed by atoms with Crippen LogP contribution in [0, 0.1) is 6.92 Å². The van der Waals surface area contributed by atoms with Gasteiger partial charge >= 0.3 is 0 Å². The number of fused-ring (bicyclic) bond motifs is 1. The van der Waals surface area contributed by atoms with Gasteiger partial charge in [-0.1, -0.05) is 29.3 Å². The summed E-state index contributed by atoms with van der Waals surface area (Å²) in [5, 5.41) is 5.32. The first-order valence-corrected chi connectivity index (χ1v) is 7.12. The molecule has 0 aliphatic rings. The SMILES string of the molecule is Cc1cc(N(C)Cc2ccc(Cl)c(Cl)c2)n2ncnc2n1. The van der Waals surface area contributed by atoms with E-state index in [-0.39, 0.29) is 0 Å². The van der Waals surface area contributed by atoms with E-state index in [9.17, 15) is 0 Å². The summed E-state index contributed by atoms with van der Waals surface area (Å²) in [6.45, 7) is 2.61. The molecule has 0 fully saturated rings. The second kappa shape index (κ2) is 5.50. The minimum absolute atomic E-state index is 0.555. The van der Waals surface area contributed by atoms with Gasteiger partial charge in [-0.05, 0) is 24.6 Å². The van der Waals surface area contributed by atoms with Crippen LogP contribution >= 0.6 is 23.2 Å². The Kier molecular flexibility index (Phi) is 3.69. The summed E-state index contributed by atoms with van der Waals surface area (Å²) in [7, 11) is 1.98. The van der Waals surface area contributed by atoms with Crippen LogP contribution in [-0.2, 0) is 6.54 Å². The van der Waals surface area contributed by atoms with Crippen LogP contribution < -0.4 is 4.90 Å². The van der Waals surface area contributed by atoms with Gasteiger partial charge in [0.05, 0.1) is 10.0 Å². The van der Waals surface area contributed by atoms with E-state index in [4.69, 9.17) is 23.2 Å². The molecule has 0 spiro atoms. The summed E-state index contributed by atoms with van der Waals surface area (Å²) in [5.41, 5.74) is 1.96. The molecule has 2 heterocycles. The summed E-state index contributed by atoms with van der Waals surface area (Å²) in [4.78, 5) is 10.5. The number of hydrogen-bond donors (Lipinski definition) is 0. The third kappa shape index (κ3) is 2.80. The molecule has 108 valence electrons. The molecule has 0 bridgehead atoms. The number of benzene rings is 1. The van der Waals surface area contributed by atoms with E-state index >= 15 is 0 Å². The van der Waals surface area contributed by atoms with Gasteiger partial charge in [0.2, 0.25) is 0 Å². The fourth-order valence-corrected chi connectivity index (χ4v) is 2.50. The molecule has 0 aliphatic carbocycles. The van der Waals surface area contributed by atoms with Crippen LogP contribution in [0.3, 0.4) is 0 Å². The van der Waals surface area contributed by atoms with Crippen LogP contribution in [0.1, 0.15) is 11.3 Å². The topological polar surface area (TPSA) is 46.3 Å². The maximum Gasteiger partial charge on any atom is 0.254 e. The monoisotopic (exact) mass is 321 g/mol. The number of nitrogens with zero attached hydrogens (tertiary/aromatic N) is 5. The van der Waals surface area contributed by atoms with Crippen molar-refractivity contribution in [3.05, 3.63) is 51.9 Å². The first kappa shape index (κ1) is 14.1. The number of anilines is 1. The molecule has 2 aromatic heterocycles. The van der Waals surface area contributed by atoms with E-state index < -0.39 is 0 Å². The van der Waals surface area contributed by atoms with Crippen molar-refractivity contribution in [1.29, 1.82) is 0 Å². The Morgan fingerprint density at radius 3 is 2.76 bits per heavy atom. The van der Waals surface area contributed by atoms with Crippen molar-refractivity contribution in [3.63, 3.8) is 0 Å². The molecule has 1 aromatic carbocycles. The van der Waals surface area contributed by atoms with Crippen molar-refractivity contribution >= 4 is 34.8 Å². The normalized spacial score (nSPS) is 11.0. The fraction of sp³-hybridized carbons (Fsp3) is 0.214. The molecule has 0 saturated carbocycles. The van der Waals surface area contributed by atoms with E-state index in [2.05, 4.69) is 20.0 Å². The zero-order chi connectivity index (χ0) is 15.0. The molecule has 0 aliphatic heterocycles. The molecule has 0 amide bonds. The standard InChI is InChI=1S/C14H13Cl2N5/c1-9-5-13(21-14(19-9)17-8-18-21)20(2)7-10-3-4-11(15)12(16)6-10/h3-6,8H,7H2,1-2H3. The lowest BCUT2D eigenvalue weighted by molar-refractivity contribution is 0.827. The van der Waals surface area contributed by atoms with E-state index in [0.29, 0.717) is 22.4 Å². The highest BCUT2D eigenvalue weighted by atomic mass is 35.5. The molecule has 0 atom stereocenters. The molecule has 3 aromatic rings. The van der Waals surface area contributed by atoms with Gasteiger partial charge in [-0.15, -0.1) is 0 Å². The second-order valence-electron chi connectivity index (χ2n) is 4.83. The van der Waals surface area contributed by atoms with Crippen LogP contribution in [0.2, 0.25) is 10.0 Å². The largest absolute Gasteiger partial charge is 0.355 e. The Balaban J connectivity index is 1.94. The summed E-state index contributed by atoms with van der Waals surface area (Å²) >= 11 is 12.0. The van der Waals surface area contributed by atoms with Crippen LogP contribution in [0.5, 0.6) is 0 Å². The van der Waals surface area contributed by atoms with Crippen molar-refractivity contribution in [2.24, 2.45) is 0 Å². The zero-order valence-electron chi connectivity index (χ0n) is 11.6. The summed E-state index contributed by atoms with van der Waals surface area (Å²) in [5.74, 6) is 1.51. The predicted molar refractivity (Wildman–Crippen MR) is 84.1 cm³/mol. The van der Waals surface area contributed by atoms with Gasteiger partial charge in [0.1, 0.15) is 12.1 Å². The van der Waals surface area contributed by atoms with E-state index in [1.165, 1.54) is 6.33 Å². The lowest BCUT2D eigenvalue weighted by Gasteiger charge is -2.20. The number of aryl methyl sites for hydroxylation is 1. The maximum absolute atomic E-state index is 6.06. The molecule has 0 radical (unpaired) electrons. The zero-order valence-corrected chi connectivity index (χ0v) is 13.1. The van der Waals surface area contributed by atoms with Gasteiger partial charge in [0.25, 0.3) is 5.78 Å². The summed E-state index contributed by atoms with van der Waals surface area (Å²) in [6, 6.07) is 7.60. The Morgan fingerprint density at radius 2 is 2.00 bits per heavy atom. The highest BCUT2D eigenvalue weighted by Crippen LogP contribution is 2.24. The van der Waals surface area contributed by atoms with Gasteiger partial charge in [0.15, 0.2) is 0 Å². The average Bonchev–Trinajstić information content (AvgIpc) is 2.90. The summed E-state index contributed by atoms with van der Waals surface area (Å²) in [6.07, 6.45) is 1.50. The first-order chi connectivity index (χ1) is 10.0. The molecular formula is C14H13Cl2N5. The van der Waals surface area contributed by atoms with Gasteiger partial charge in [-0.25, -0.2) is 4.98 Å². The lowest BCUT2D eigenvalue weighted by atomic mass is 10.2. The van der Waals surface area contributed by atoms with E-state index in [0.717, 1.165) is 17.1 Å². The minimum Gasteiger partial charge on any atom is -0.355 e. The Labute approximate surface area is 132 Å². The summed E-state index contributed by atoms with van der Waals surface area (Å²) < 4.78 is 1.71. The highest BCUT2D eigenvalue weighted by Gasteiger charge is 2.11. The minimum atomic E-state index is 0.555. The average molecular weight is 322 g/mol. The third-order valence-electron chi connectivity index (χ3n) is 3.16. The van der Waals surface area contributed by atoms with Crippen LogP contribution in [-0.4, -0.2) is 26.6 Å². The van der Waals surface area contributed by atoms with Gasteiger partial charge < -0.3 is 4.90 Å². The molecule has 0 saturated heterocycles. The molecular weight excluding hydrogens is 309 g/mol. The lowest BCUT2D eigenvalue weighted by Crippen LogP contribution is -2.20. The fourth-order valence-electron chi connectivity index (χ4n) is 2.18. The Hall–Kier alpha value is -1.85. The van der Waals surface area contributed by atoms with E-state index in [1.807, 2.05) is 32.2 Å². The maximum atomic E-state index is 6.06. The Morgan fingerprint density at radius 1 is 1.19 bits per heavy atom. The van der Waals surface area contributed by atoms with Crippen molar-refractivity contribution in [1.82, 2.24) is 19.6 Å². The molecule has 21 heavy (non-hydrogen) atoms. The second-order valence-corrected chi connectivity index (χ2v) is 5.65. The predicted octanol–water partition coefficient (Wildman–Crippen LogP) is 3.38. The first-order valence-electron chi connectivity index (χ1n) is 6.37. The molecule has 7 heteroatoms. The van der Waals surface area contributed by atoms with Crippen LogP contribution in [0.25, 0.3) is 5.78 Å². The smallest absolute Gasteiger partial charge is 0.254 e. The van der Waals surface area contributed by atoms with Gasteiger partial charge in [-0.2, -0.15) is 14.6 Å². The Bertz CT molecular complexity index is 799. The number of aromatic nitrogens is 4. The van der Waals surface area contributed by atoms with E-state index in [1.54, 1.807) is 10.6 Å². The van der Waals surface area contributed by atoms with Crippen LogP contribution in [0.4, 0.5) is 5.82 Å². The van der Waals surface area contributed by atoms with Gasteiger partial charge in [-0.3, -0.25) is 0 Å². The van der Waals surface area contributed by atoms with Crippen molar-refractivity contribution < 1.29 is 0 Å². The van der Waals surface area contributed by atoms with Crippen LogP contribution in [0.15, 0.2) is 30.6 Å².